The lowest BCUT2D eigenvalue weighted by molar-refractivity contribution is -0.150. The number of esters is 1. The number of ether oxygens (including phenoxy) is 1. The molecule has 0 saturated heterocycles. The van der Waals surface area contributed by atoms with Crippen LogP contribution in [0.2, 0.25) is 0 Å². The molecule has 3 heterocycles. The van der Waals surface area contributed by atoms with Gasteiger partial charge in [-0.25, -0.2) is 13.2 Å². The third-order valence-electron chi connectivity index (χ3n) is 5.14. The van der Waals surface area contributed by atoms with E-state index >= 15 is 0 Å². The molecule has 1 amide bonds. The summed E-state index contributed by atoms with van der Waals surface area (Å²) in [7, 11) is -3.46. The molecule has 2 atom stereocenters. The molecule has 4 rings (SSSR count). The highest BCUT2D eigenvalue weighted by Crippen LogP contribution is 2.32. The van der Waals surface area contributed by atoms with Crippen LogP contribution in [0.5, 0.6) is 0 Å². The number of benzene rings is 1. The zero-order valence-corrected chi connectivity index (χ0v) is 16.9. The Morgan fingerprint density at radius 2 is 2.00 bits per heavy atom. The molecular weight excluding hydrogens is 394 g/mol. The average molecular weight is 415 g/mol. The summed E-state index contributed by atoms with van der Waals surface area (Å²) in [6, 6.07) is 7.69. The number of sulfonamides is 1. The van der Waals surface area contributed by atoms with E-state index in [1.165, 1.54) is 18.4 Å². The van der Waals surface area contributed by atoms with E-state index in [2.05, 4.69) is 4.40 Å². The van der Waals surface area contributed by atoms with Crippen LogP contribution in [0.15, 0.2) is 52.6 Å². The van der Waals surface area contributed by atoms with E-state index in [-0.39, 0.29) is 35.7 Å². The fourth-order valence-corrected chi connectivity index (χ4v) is 4.67. The number of rotatable bonds is 3. The summed E-state index contributed by atoms with van der Waals surface area (Å²) in [6.07, 6.45) is 4.21. The second-order valence-electron chi connectivity index (χ2n) is 7.28. The Bertz CT molecular complexity index is 1070. The Labute approximate surface area is 169 Å². The molecule has 0 unspecified atom stereocenters. The molecule has 3 aliphatic rings. The largest absolute Gasteiger partial charge is 0.449 e. The maximum absolute atomic E-state index is 13.0. The molecule has 152 valence electrons. The van der Waals surface area contributed by atoms with Crippen LogP contribution in [0.25, 0.3) is 0 Å². The van der Waals surface area contributed by atoms with Crippen LogP contribution >= 0.6 is 0 Å². The van der Waals surface area contributed by atoms with Crippen molar-refractivity contribution in [1.29, 1.82) is 0 Å². The minimum absolute atomic E-state index is 0.0103. The van der Waals surface area contributed by atoms with E-state index in [0.29, 0.717) is 0 Å². The molecule has 0 aromatic heterocycles. The highest BCUT2D eigenvalue weighted by Gasteiger charge is 2.35. The van der Waals surface area contributed by atoms with Crippen molar-refractivity contribution in [2.75, 3.05) is 17.2 Å². The third-order valence-corrected chi connectivity index (χ3v) is 6.30. The number of anilines is 1. The monoisotopic (exact) mass is 415 g/mol. The van der Waals surface area contributed by atoms with Gasteiger partial charge in [-0.1, -0.05) is 18.2 Å². The van der Waals surface area contributed by atoms with E-state index in [1.54, 1.807) is 16.7 Å². The van der Waals surface area contributed by atoms with Crippen molar-refractivity contribution in [3.8, 4) is 0 Å². The molecule has 1 aromatic carbocycles. The molecule has 0 bridgehead atoms. The molecular formula is C20H21N3O5S. The van der Waals surface area contributed by atoms with Crippen molar-refractivity contribution in [2.45, 2.75) is 32.4 Å². The lowest BCUT2D eigenvalue weighted by Gasteiger charge is -2.28. The lowest BCUT2D eigenvalue weighted by atomic mass is 10.1. The number of hydrogen-bond acceptors (Lipinski definition) is 6. The number of nitrogens with zero attached hydrogens (tertiary/aromatic N) is 3. The summed E-state index contributed by atoms with van der Waals surface area (Å²) >= 11 is 0. The number of amidine groups is 1. The topological polar surface area (TPSA) is 96.3 Å². The Morgan fingerprint density at radius 1 is 1.24 bits per heavy atom. The summed E-state index contributed by atoms with van der Waals surface area (Å²) < 4.78 is 32.2. The van der Waals surface area contributed by atoms with E-state index in [9.17, 15) is 18.0 Å². The fourth-order valence-electron chi connectivity index (χ4n) is 3.70. The fraction of sp³-hybridized carbons (Fsp3) is 0.350. The van der Waals surface area contributed by atoms with Gasteiger partial charge in [-0.15, -0.1) is 4.40 Å². The molecule has 9 heteroatoms. The predicted molar refractivity (Wildman–Crippen MR) is 108 cm³/mol. The quantitative estimate of drug-likeness (QED) is 0.693. The van der Waals surface area contributed by atoms with Crippen LogP contribution in [-0.2, 0) is 30.8 Å². The molecule has 29 heavy (non-hydrogen) atoms. The third kappa shape index (κ3) is 3.69. The van der Waals surface area contributed by atoms with Crippen LogP contribution in [-0.4, -0.2) is 55.5 Å². The first-order chi connectivity index (χ1) is 13.7. The Morgan fingerprint density at radius 3 is 2.79 bits per heavy atom. The molecule has 0 aliphatic carbocycles. The molecule has 3 aliphatic heterocycles. The first kappa shape index (κ1) is 19.4. The van der Waals surface area contributed by atoms with E-state index in [1.807, 2.05) is 31.2 Å². The Balaban J connectivity index is 1.46. The highest BCUT2D eigenvalue weighted by atomic mass is 32.2. The summed E-state index contributed by atoms with van der Waals surface area (Å²) in [5, 5.41) is 0. The van der Waals surface area contributed by atoms with Crippen molar-refractivity contribution in [3.05, 3.63) is 53.8 Å². The van der Waals surface area contributed by atoms with Crippen LogP contribution in [0, 0.1) is 0 Å². The summed E-state index contributed by atoms with van der Waals surface area (Å²) in [5.74, 6) is -0.777. The normalized spacial score (nSPS) is 22.9. The van der Waals surface area contributed by atoms with Gasteiger partial charge in [-0.05, 0) is 44.1 Å². The van der Waals surface area contributed by atoms with Crippen LogP contribution < -0.4 is 4.90 Å². The van der Waals surface area contributed by atoms with Crippen LogP contribution in [0.3, 0.4) is 0 Å². The maximum atomic E-state index is 13.0. The van der Waals surface area contributed by atoms with Crippen molar-refractivity contribution < 1.29 is 22.7 Å². The second-order valence-corrected chi connectivity index (χ2v) is 9.04. The van der Waals surface area contributed by atoms with Crippen LogP contribution in [0.4, 0.5) is 5.69 Å². The zero-order valence-electron chi connectivity index (χ0n) is 16.1. The van der Waals surface area contributed by atoms with Gasteiger partial charge in [0.1, 0.15) is 5.84 Å². The molecule has 0 N–H and O–H groups in total. The Kier molecular flexibility index (Phi) is 4.77. The minimum Gasteiger partial charge on any atom is -0.449 e. The van der Waals surface area contributed by atoms with Gasteiger partial charge >= 0.3 is 5.97 Å². The predicted octanol–water partition coefficient (Wildman–Crippen LogP) is 1.39. The van der Waals surface area contributed by atoms with Gasteiger partial charge in [0, 0.05) is 24.5 Å². The van der Waals surface area contributed by atoms with Gasteiger partial charge in [0.15, 0.2) is 6.10 Å². The van der Waals surface area contributed by atoms with Crippen LogP contribution in [0.1, 0.15) is 19.4 Å². The molecule has 0 saturated carbocycles. The van der Waals surface area contributed by atoms with Crippen molar-refractivity contribution >= 4 is 33.4 Å². The van der Waals surface area contributed by atoms with Gasteiger partial charge in [-0.3, -0.25) is 4.79 Å². The Hall–Kier alpha value is -2.94. The van der Waals surface area contributed by atoms with Gasteiger partial charge in [0.05, 0.1) is 11.3 Å². The molecule has 8 nitrogen and oxygen atoms in total. The van der Waals surface area contributed by atoms with Gasteiger partial charge in [0.25, 0.3) is 15.9 Å². The average Bonchev–Trinajstić information content (AvgIpc) is 3.01. The first-order valence-corrected chi connectivity index (χ1v) is 11.0. The number of fused-ring (bicyclic) bond motifs is 2. The van der Waals surface area contributed by atoms with E-state index in [4.69, 9.17) is 4.74 Å². The number of amides is 1. The number of carbonyl (C=O) groups is 2. The van der Waals surface area contributed by atoms with Gasteiger partial charge in [-0.2, -0.15) is 0 Å². The number of para-hydroxylation sites is 1. The molecule has 0 spiro atoms. The standard InChI is InChI=1S/C20H21N3O5S/c1-13-11-15-5-3-4-6-17(15)23(13)19(24)14(2)28-20(25)16-7-8-18-21-29(26,27)10-9-22(18)12-16/h3-8,12-14H,9-11H2,1-2H3/t13-,14-/m0/s1. The maximum Gasteiger partial charge on any atom is 0.340 e. The smallest absolute Gasteiger partial charge is 0.340 e. The van der Waals surface area contributed by atoms with E-state index < -0.39 is 22.1 Å². The number of hydrogen-bond donors (Lipinski definition) is 0. The first-order valence-electron chi connectivity index (χ1n) is 9.36. The van der Waals surface area contributed by atoms with Crippen molar-refractivity contribution in [2.24, 2.45) is 4.40 Å². The SMILES string of the molecule is C[C@H](OC(=O)C1=CN2CCS(=O)(=O)N=C2C=C1)C(=O)N1c2ccccc2C[C@@H]1C. The summed E-state index contributed by atoms with van der Waals surface area (Å²) in [5.41, 5.74) is 2.18. The summed E-state index contributed by atoms with van der Waals surface area (Å²) in [6.45, 7) is 3.73. The zero-order chi connectivity index (χ0) is 20.8. The second kappa shape index (κ2) is 7.14. The minimum atomic E-state index is -3.46. The van der Waals surface area contributed by atoms with Crippen molar-refractivity contribution in [3.63, 3.8) is 0 Å². The molecule has 0 fully saturated rings. The van der Waals surface area contributed by atoms with Gasteiger partial charge < -0.3 is 14.5 Å². The number of carbonyl (C=O) groups excluding carboxylic acids is 2. The van der Waals surface area contributed by atoms with Gasteiger partial charge in [0.2, 0.25) is 0 Å². The van der Waals surface area contributed by atoms with Crippen molar-refractivity contribution in [1.82, 2.24) is 4.90 Å². The summed E-state index contributed by atoms with van der Waals surface area (Å²) in [4.78, 5) is 28.8. The lowest BCUT2D eigenvalue weighted by Crippen LogP contribution is -2.43. The molecule has 0 radical (unpaired) electrons. The molecule has 1 aromatic rings. The van der Waals surface area contributed by atoms with E-state index in [0.717, 1.165) is 17.7 Å². The highest BCUT2D eigenvalue weighted by molar-refractivity contribution is 7.90.